The highest BCUT2D eigenvalue weighted by Gasteiger charge is 2.13. The van der Waals surface area contributed by atoms with Gasteiger partial charge in [-0.2, -0.15) is 0 Å². The van der Waals surface area contributed by atoms with Crippen molar-refractivity contribution in [1.29, 1.82) is 0 Å². The third-order valence-electron chi connectivity index (χ3n) is 9.24. The van der Waals surface area contributed by atoms with Gasteiger partial charge >= 0.3 is 0 Å². The van der Waals surface area contributed by atoms with Gasteiger partial charge in [-0.25, -0.2) is 0 Å². The molecule has 0 saturated carbocycles. The van der Waals surface area contributed by atoms with Crippen LogP contribution < -0.4 is 14.9 Å². The molecule has 0 aliphatic rings. The maximum atomic E-state index is 13.4. The largest absolute Gasteiger partial charge is 0.506 e. The molecule has 10 heteroatoms. The van der Waals surface area contributed by atoms with E-state index >= 15 is 0 Å². The molecule has 0 fully saturated rings. The minimum absolute atomic E-state index is 0.00322. The fraction of sp³-hybridized carbons (Fsp3) is 0.239. The van der Waals surface area contributed by atoms with Crippen molar-refractivity contribution >= 4 is 31.5 Å². The molecule has 0 bridgehead atoms. The standard InChI is InChI=1S/C32H32N2O4S.C14H15NO2/c1-21-16-28-31(36)27-13-12-25(18-30(27)39-32(28)29(17-21)37-15-14-34(2)3)38-26-11-10-24(33-19-26)9-8-22-4-6-23(20-35)7-5-22;16-10-12-3-1-11(2-4-12)5-6-13-7-8-14(17)9-15-13/h4-7,10-13,16-19,35H,8-9,14-15,20H2,1-3H3;1-4,7-9,16-17H,5-6,10H2. The highest BCUT2D eigenvalue weighted by Crippen LogP contribution is 2.35. The average molecular weight is 770 g/mol. The van der Waals surface area contributed by atoms with Crippen LogP contribution in [0.3, 0.4) is 0 Å². The number of ether oxygens (including phenoxy) is 2. The van der Waals surface area contributed by atoms with E-state index in [-0.39, 0.29) is 24.4 Å². The van der Waals surface area contributed by atoms with Crippen molar-refractivity contribution in [3.05, 3.63) is 165 Å². The number of likely N-dealkylation sites (N-methyl/N-ethyl adjacent to an activating group) is 1. The predicted molar refractivity (Wildman–Crippen MR) is 224 cm³/mol. The Bertz CT molecular complexity index is 2400. The van der Waals surface area contributed by atoms with E-state index in [1.165, 1.54) is 17.3 Å². The van der Waals surface area contributed by atoms with Crippen LogP contribution in [0.1, 0.15) is 39.2 Å². The molecule has 0 spiro atoms. The zero-order chi connectivity index (χ0) is 39.4. The van der Waals surface area contributed by atoms with Crippen LogP contribution >= 0.6 is 11.3 Å². The number of aromatic hydroxyl groups is 1. The van der Waals surface area contributed by atoms with E-state index in [4.69, 9.17) is 19.7 Å². The Labute approximate surface area is 331 Å². The number of aromatic nitrogens is 2. The van der Waals surface area contributed by atoms with Gasteiger partial charge in [0.05, 0.1) is 30.3 Å². The summed E-state index contributed by atoms with van der Waals surface area (Å²) in [6.07, 6.45) is 6.63. The van der Waals surface area contributed by atoms with Crippen molar-refractivity contribution in [1.82, 2.24) is 14.9 Å². The summed E-state index contributed by atoms with van der Waals surface area (Å²) in [5.41, 5.74) is 7.22. The summed E-state index contributed by atoms with van der Waals surface area (Å²) in [5, 5.41) is 28.6. The van der Waals surface area contributed by atoms with Gasteiger partial charge in [-0.05, 0) is 129 Å². The monoisotopic (exact) mass is 769 g/mol. The second-order valence-electron chi connectivity index (χ2n) is 13.9. The summed E-state index contributed by atoms with van der Waals surface area (Å²) in [7, 11) is 4.02. The normalized spacial score (nSPS) is 11.1. The quantitative estimate of drug-likeness (QED) is 0.0940. The van der Waals surface area contributed by atoms with Gasteiger partial charge in [0, 0.05) is 33.4 Å². The van der Waals surface area contributed by atoms with Gasteiger partial charge in [-0.1, -0.05) is 48.5 Å². The smallest absolute Gasteiger partial charge is 0.196 e. The predicted octanol–water partition coefficient (Wildman–Crippen LogP) is 8.19. The lowest BCUT2D eigenvalue weighted by Crippen LogP contribution is -2.19. The third kappa shape index (κ3) is 11.0. The Kier molecular flexibility index (Phi) is 13.8. The van der Waals surface area contributed by atoms with Gasteiger partial charge in [0.25, 0.3) is 0 Å². The third-order valence-corrected chi connectivity index (χ3v) is 10.4. The van der Waals surface area contributed by atoms with Crippen molar-refractivity contribution in [2.24, 2.45) is 0 Å². The van der Waals surface area contributed by atoms with Crippen molar-refractivity contribution in [2.75, 3.05) is 27.2 Å². The minimum Gasteiger partial charge on any atom is -0.506 e. The number of rotatable bonds is 14. The molecule has 3 aromatic heterocycles. The van der Waals surface area contributed by atoms with Crippen LogP contribution in [0.15, 0.2) is 120 Å². The molecule has 0 amide bonds. The van der Waals surface area contributed by atoms with Crippen molar-refractivity contribution in [3.8, 4) is 23.0 Å². The molecule has 3 heterocycles. The van der Waals surface area contributed by atoms with Crippen molar-refractivity contribution in [3.63, 3.8) is 0 Å². The number of hydrogen-bond donors (Lipinski definition) is 3. The summed E-state index contributed by atoms with van der Waals surface area (Å²) in [4.78, 5) is 24.1. The summed E-state index contributed by atoms with van der Waals surface area (Å²) in [6, 6.07) is 32.8. The fourth-order valence-electron chi connectivity index (χ4n) is 6.04. The number of aliphatic hydroxyl groups excluding tert-OH is 2. The first kappa shape index (κ1) is 40.0. The number of benzene rings is 4. The Balaban J connectivity index is 0.000000261. The molecule has 56 heavy (non-hydrogen) atoms. The molecule has 3 N–H and O–H groups in total. The first-order valence-corrected chi connectivity index (χ1v) is 19.4. The summed E-state index contributed by atoms with van der Waals surface area (Å²) < 4.78 is 13.9. The topological polar surface area (TPSA) is 125 Å². The molecule has 0 aliphatic carbocycles. The molecule has 0 unspecified atom stereocenters. The van der Waals surface area contributed by atoms with Crippen LogP contribution in [-0.2, 0) is 38.9 Å². The lowest BCUT2D eigenvalue weighted by Gasteiger charge is -2.14. The van der Waals surface area contributed by atoms with E-state index in [2.05, 4.69) is 14.9 Å². The van der Waals surface area contributed by atoms with Crippen LogP contribution in [0, 0.1) is 6.92 Å². The maximum absolute atomic E-state index is 13.4. The zero-order valence-corrected chi connectivity index (χ0v) is 32.8. The van der Waals surface area contributed by atoms with Crippen LogP contribution in [0.5, 0.6) is 23.0 Å². The van der Waals surface area contributed by atoms with Gasteiger partial charge < -0.3 is 29.7 Å². The molecule has 0 atom stereocenters. The second kappa shape index (κ2) is 19.3. The van der Waals surface area contributed by atoms with Gasteiger partial charge in [-0.3, -0.25) is 14.8 Å². The zero-order valence-electron chi connectivity index (χ0n) is 31.9. The molecule has 288 valence electrons. The Morgan fingerprint density at radius 3 is 1.80 bits per heavy atom. The number of aliphatic hydroxyl groups is 2. The van der Waals surface area contributed by atoms with E-state index in [0.29, 0.717) is 28.9 Å². The Hall–Kier alpha value is -5.65. The van der Waals surface area contributed by atoms with E-state index in [9.17, 15) is 9.90 Å². The highest BCUT2D eigenvalue weighted by atomic mass is 32.1. The van der Waals surface area contributed by atoms with Crippen LogP contribution in [0.2, 0.25) is 0 Å². The maximum Gasteiger partial charge on any atom is 0.196 e. The van der Waals surface area contributed by atoms with Crippen LogP contribution in [0.4, 0.5) is 0 Å². The summed E-state index contributed by atoms with van der Waals surface area (Å²) in [5.74, 6) is 2.23. The number of fused-ring (bicyclic) bond motifs is 2. The number of pyridine rings is 2. The molecular formula is C46H47N3O6S. The van der Waals surface area contributed by atoms with E-state index in [1.807, 2.05) is 118 Å². The molecule has 7 aromatic rings. The fourth-order valence-corrected chi connectivity index (χ4v) is 7.19. The lowest BCUT2D eigenvalue weighted by molar-refractivity contribution is 0.264. The van der Waals surface area contributed by atoms with E-state index in [0.717, 1.165) is 75.5 Å². The average Bonchev–Trinajstić information content (AvgIpc) is 3.21. The molecule has 0 aliphatic heterocycles. The highest BCUT2D eigenvalue weighted by molar-refractivity contribution is 7.24. The summed E-state index contributed by atoms with van der Waals surface area (Å²) >= 11 is 1.55. The van der Waals surface area contributed by atoms with Crippen molar-refractivity contribution < 1.29 is 24.8 Å². The lowest BCUT2D eigenvalue weighted by atomic mass is 10.1. The second-order valence-corrected chi connectivity index (χ2v) is 15.0. The van der Waals surface area contributed by atoms with Crippen LogP contribution in [0.25, 0.3) is 20.2 Å². The Morgan fingerprint density at radius 2 is 1.25 bits per heavy atom. The Morgan fingerprint density at radius 1 is 0.661 bits per heavy atom. The number of hydrogen-bond acceptors (Lipinski definition) is 10. The van der Waals surface area contributed by atoms with Gasteiger partial charge in [0.1, 0.15) is 29.6 Å². The first-order valence-electron chi connectivity index (χ1n) is 18.6. The van der Waals surface area contributed by atoms with Crippen LogP contribution in [-0.4, -0.2) is 57.4 Å². The minimum atomic E-state index is 0.00322. The van der Waals surface area contributed by atoms with Gasteiger partial charge in [0.2, 0.25) is 0 Å². The molecule has 0 saturated heterocycles. The molecule has 0 radical (unpaired) electrons. The van der Waals surface area contributed by atoms with E-state index < -0.39 is 0 Å². The SMILES string of the molecule is Cc1cc(OCCN(C)C)c2sc3cc(Oc4ccc(CCc5ccc(CO)cc5)nc4)ccc3c(=O)c2c1.OCc1ccc(CCc2ccc(O)cn2)cc1. The first-order chi connectivity index (χ1) is 27.2. The summed E-state index contributed by atoms with van der Waals surface area (Å²) in [6.45, 7) is 3.47. The van der Waals surface area contributed by atoms with Gasteiger partial charge in [-0.15, -0.1) is 11.3 Å². The molecule has 9 nitrogen and oxygen atoms in total. The molecular weight excluding hydrogens is 723 g/mol. The number of nitrogens with zero attached hydrogens (tertiary/aromatic N) is 3. The van der Waals surface area contributed by atoms with Gasteiger partial charge in [0.15, 0.2) is 5.43 Å². The molecule has 4 aromatic carbocycles. The number of aryl methyl sites for hydroxylation is 5. The molecule has 7 rings (SSSR count). The van der Waals surface area contributed by atoms with E-state index in [1.54, 1.807) is 23.6 Å². The van der Waals surface area contributed by atoms with Crippen molar-refractivity contribution in [2.45, 2.75) is 45.8 Å².